The summed E-state index contributed by atoms with van der Waals surface area (Å²) in [7, 11) is 1.59. The summed E-state index contributed by atoms with van der Waals surface area (Å²) in [5.74, 6) is 2.00. The minimum Gasteiger partial charge on any atom is -0.496 e. The number of fused-ring (bicyclic) bond motifs is 6. The van der Waals surface area contributed by atoms with E-state index >= 15 is 0 Å². The number of hydrogen-bond acceptors (Lipinski definition) is 16. The second-order valence-corrected chi connectivity index (χ2v) is 19.8. The quantitative estimate of drug-likeness (QED) is 0.0574. The molecule has 2 amide bonds. The zero-order valence-corrected chi connectivity index (χ0v) is 45.0. The maximum absolute atomic E-state index is 14.3. The minimum atomic E-state index is -0.563. The Hall–Kier alpha value is -7.14. The second-order valence-electron chi connectivity index (χ2n) is 18.2. The van der Waals surface area contributed by atoms with Crippen molar-refractivity contribution in [2.45, 2.75) is 66.6 Å². The summed E-state index contributed by atoms with van der Waals surface area (Å²) in [6.45, 7) is 14.6. The SMILES string of the molecule is COc1cc2c(cc1-c1c(C)noc1C)ncc1c2n(C(C)c2ccccn2)c(=O)n1CC(=O)NCCOCCOCCOCCOCCNC(=O)CC1N=C(c2ccc(Cl)cc2)c2c(sc(C)c2C)-n2c(C)nnc21. The number of nitrogens with zero attached hydrogens (tertiary/aromatic N) is 9. The van der Waals surface area contributed by atoms with Crippen LogP contribution in [0.25, 0.3) is 38.1 Å². The molecule has 6 aromatic heterocycles. The maximum Gasteiger partial charge on any atom is 0.330 e. The molecule has 398 valence electrons. The van der Waals surface area contributed by atoms with E-state index in [0.29, 0.717) is 108 Å². The molecule has 0 spiro atoms. The number of nitrogens with one attached hydrogen (secondary N) is 2. The van der Waals surface area contributed by atoms with Crippen molar-refractivity contribution in [3.05, 3.63) is 133 Å². The van der Waals surface area contributed by atoms with Crippen LogP contribution in [0.2, 0.25) is 5.02 Å². The van der Waals surface area contributed by atoms with Crippen molar-refractivity contribution in [1.29, 1.82) is 0 Å². The minimum absolute atomic E-state index is 0.0836. The van der Waals surface area contributed by atoms with E-state index in [1.54, 1.807) is 35.4 Å². The number of aliphatic imine (C=N–C) groups is 1. The first kappa shape index (κ1) is 53.7. The number of carbonyl (C=O) groups is 2. The van der Waals surface area contributed by atoms with E-state index in [-0.39, 0.29) is 43.6 Å². The van der Waals surface area contributed by atoms with E-state index in [1.807, 2.05) is 86.9 Å². The van der Waals surface area contributed by atoms with Crippen molar-refractivity contribution in [1.82, 2.24) is 49.7 Å². The molecule has 76 heavy (non-hydrogen) atoms. The van der Waals surface area contributed by atoms with Crippen LogP contribution in [0.1, 0.15) is 75.8 Å². The lowest BCUT2D eigenvalue weighted by Gasteiger charge is -2.15. The molecule has 8 aromatic rings. The van der Waals surface area contributed by atoms with E-state index in [0.717, 1.165) is 44.4 Å². The highest BCUT2D eigenvalue weighted by molar-refractivity contribution is 7.15. The molecule has 22 heteroatoms. The van der Waals surface area contributed by atoms with Gasteiger partial charge in [0, 0.05) is 51.3 Å². The summed E-state index contributed by atoms with van der Waals surface area (Å²) in [5, 5.41) is 21.1. The fourth-order valence-electron chi connectivity index (χ4n) is 9.34. The van der Waals surface area contributed by atoms with E-state index in [2.05, 4.69) is 44.8 Å². The predicted octanol–water partition coefficient (Wildman–Crippen LogP) is 7.14. The van der Waals surface area contributed by atoms with E-state index in [9.17, 15) is 14.4 Å². The van der Waals surface area contributed by atoms with Crippen LogP contribution in [0.5, 0.6) is 5.75 Å². The number of aryl methyl sites for hydroxylation is 4. The molecular formula is C54H60ClN11O9S. The zero-order valence-electron chi connectivity index (χ0n) is 43.5. The summed E-state index contributed by atoms with van der Waals surface area (Å²) in [6, 6.07) is 15.9. The van der Waals surface area contributed by atoms with Crippen molar-refractivity contribution in [2.24, 2.45) is 4.99 Å². The number of thiophene rings is 1. The summed E-state index contributed by atoms with van der Waals surface area (Å²) in [6.07, 6.45) is 3.39. The van der Waals surface area contributed by atoms with Gasteiger partial charge in [-0.05, 0) is 83.5 Å². The van der Waals surface area contributed by atoms with Crippen LogP contribution in [0, 0.1) is 34.6 Å². The topological polar surface area (TPSA) is 226 Å². The number of halogens is 1. The lowest BCUT2D eigenvalue weighted by Crippen LogP contribution is -2.35. The number of carbonyl (C=O) groups excluding carboxylic acids is 2. The Kier molecular flexibility index (Phi) is 17.1. The summed E-state index contributed by atoms with van der Waals surface area (Å²) in [4.78, 5) is 56.6. The molecular weight excluding hydrogens is 1010 g/mol. The highest BCUT2D eigenvalue weighted by Gasteiger charge is 2.33. The standard InChI is InChI=1S/C54H60ClN11O9S/c1-31-35(5)76-53-48(31)50(37-11-13-38(55)14-12-37)60-43(52-62-61-36(6)66(52)53)28-46(67)57-16-18-71-20-22-73-24-25-74-23-21-72-19-17-58-47(68)30-64-44-29-59-42-26-40(49-32(2)63-75-34(49)4)45(70-7)27-39(42)51(44)65(54(64)69)33(3)41-10-8-9-15-56-41/h8-15,26-27,29,33,43H,16-25,28,30H2,1-7H3,(H,57,67)(H,58,68). The van der Waals surface area contributed by atoms with Gasteiger partial charge in [-0.15, -0.1) is 21.5 Å². The fourth-order valence-corrected chi connectivity index (χ4v) is 10.7. The second kappa shape index (κ2) is 24.2. The van der Waals surface area contributed by atoms with E-state index in [1.165, 1.54) is 9.44 Å². The molecule has 2 aromatic carbocycles. The normalized spacial score (nSPS) is 13.6. The molecule has 2 unspecified atom stereocenters. The van der Waals surface area contributed by atoms with Gasteiger partial charge in [0.15, 0.2) is 5.82 Å². The molecule has 2 N–H and O–H groups in total. The number of methoxy groups -OCH3 is 1. The fraction of sp³-hybridized carbons (Fsp3) is 0.389. The van der Waals surface area contributed by atoms with E-state index < -0.39 is 12.1 Å². The van der Waals surface area contributed by atoms with Gasteiger partial charge in [0.25, 0.3) is 0 Å². The molecule has 1 aliphatic rings. The Morgan fingerprint density at radius 1 is 0.842 bits per heavy atom. The summed E-state index contributed by atoms with van der Waals surface area (Å²) in [5.41, 5.74) is 8.12. The number of ether oxygens (including phenoxy) is 5. The van der Waals surface area contributed by atoms with Crippen LogP contribution >= 0.6 is 22.9 Å². The van der Waals surface area contributed by atoms with Crippen molar-refractivity contribution in [3.8, 4) is 21.9 Å². The number of benzene rings is 2. The Balaban J connectivity index is 0.680. The Bertz CT molecular complexity index is 3440. The van der Waals surface area contributed by atoms with Crippen molar-refractivity contribution < 1.29 is 37.8 Å². The van der Waals surface area contributed by atoms with Gasteiger partial charge >= 0.3 is 5.69 Å². The van der Waals surface area contributed by atoms with Crippen LogP contribution in [-0.4, -0.2) is 130 Å². The van der Waals surface area contributed by atoms with Crippen LogP contribution < -0.4 is 21.1 Å². The first-order chi connectivity index (χ1) is 36.8. The van der Waals surface area contributed by atoms with Gasteiger partial charge in [-0.2, -0.15) is 0 Å². The average molecular weight is 1070 g/mol. The smallest absolute Gasteiger partial charge is 0.330 e. The van der Waals surface area contributed by atoms with Crippen LogP contribution in [0.4, 0.5) is 0 Å². The highest BCUT2D eigenvalue weighted by atomic mass is 35.5. The van der Waals surface area contributed by atoms with Crippen molar-refractivity contribution in [3.63, 3.8) is 0 Å². The molecule has 0 fully saturated rings. The molecule has 0 radical (unpaired) electrons. The summed E-state index contributed by atoms with van der Waals surface area (Å²) >= 11 is 7.90. The van der Waals surface area contributed by atoms with Gasteiger partial charge in [-0.25, -0.2) is 4.79 Å². The van der Waals surface area contributed by atoms with Gasteiger partial charge in [0.2, 0.25) is 11.8 Å². The van der Waals surface area contributed by atoms with Gasteiger partial charge in [0.05, 0.1) is 118 Å². The molecule has 20 nitrogen and oxygen atoms in total. The van der Waals surface area contributed by atoms with Crippen molar-refractivity contribution >= 4 is 62.4 Å². The maximum atomic E-state index is 14.3. The van der Waals surface area contributed by atoms with Crippen molar-refractivity contribution in [2.75, 3.05) is 73.1 Å². The lowest BCUT2D eigenvalue weighted by atomic mass is 9.99. The molecule has 0 aliphatic carbocycles. The van der Waals surface area contributed by atoms with Gasteiger partial charge in [-0.3, -0.25) is 38.3 Å². The predicted molar refractivity (Wildman–Crippen MR) is 288 cm³/mol. The summed E-state index contributed by atoms with van der Waals surface area (Å²) < 4.78 is 39.1. The Morgan fingerprint density at radius 3 is 2.17 bits per heavy atom. The Labute approximate surface area is 447 Å². The number of pyridine rings is 2. The third-order valence-corrected chi connectivity index (χ3v) is 14.7. The molecule has 0 bridgehead atoms. The molecule has 0 saturated heterocycles. The monoisotopic (exact) mass is 1070 g/mol. The molecule has 1 aliphatic heterocycles. The first-order valence-electron chi connectivity index (χ1n) is 25.0. The number of rotatable bonds is 24. The lowest BCUT2D eigenvalue weighted by molar-refractivity contribution is -0.122. The third kappa shape index (κ3) is 11.5. The van der Waals surface area contributed by atoms with Gasteiger partial charge in [-0.1, -0.05) is 35.0 Å². The molecule has 7 heterocycles. The van der Waals surface area contributed by atoms with Gasteiger partial charge < -0.3 is 38.8 Å². The molecule has 2 atom stereocenters. The number of amides is 2. The first-order valence-corrected chi connectivity index (χ1v) is 26.2. The van der Waals surface area contributed by atoms with Crippen LogP contribution in [0.3, 0.4) is 0 Å². The zero-order chi connectivity index (χ0) is 53.5. The third-order valence-electron chi connectivity index (χ3n) is 13.2. The Morgan fingerprint density at radius 2 is 1.53 bits per heavy atom. The largest absolute Gasteiger partial charge is 0.496 e. The number of aromatic nitrogens is 8. The molecule has 9 rings (SSSR count). The van der Waals surface area contributed by atoms with Crippen LogP contribution in [-0.2, 0) is 35.1 Å². The number of imidazole rings is 1. The van der Waals surface area contributed by atoms with E-state index in [4.69, 9.17) is 49.8 Å². The average Bonchev–Trinajstić information content (AvgIpc) is 4.13. The molecule has 0 saturated carbocycles. The van der Waals surface area contributed by atoms with Gasteiger partial charge in [0.1, 0.15) is 34.9 Å². The van der Waals surface area contributed by atoms with Crippen LogP contribution in [0.15, 0.2) is 81.3 Å². The highest BCUT2D eigenvalue weighted by Crippen LogP contribution is 2.41. The number of hydrogen-bond donors (Lipinski definition) is 2.